The molecule has 0 amide bonds. The third-order valence-corrected chi connectivity index (χ3v) is 5.58. The van der Waals surface area contributed by atoms with E-state index in [2.05, 4.69) is 26.0 Å². The maximum absolute atomic E-state index is 13.1. The number of nitro benzene ring substituents is 1. The fourth-order valence-corrected chi connectivity index (χ4v) is 3.75. The maximum Gasteiger partial charge on any atom is 0.311 e. The summed E-state index contributed by atoms with van der Waals surface area (Å²) >= 11 is 3.38. The minimum Gasteiger partial charge on any atom is -0.482 e. The molecule has 0 radical (unpaired) electrons. The Morgan fingerprint density at radius 3 is 2.62 bits per heavy atom. The highest BCUT2D eigenvalue weighted by Crippen LogP contribution is 2.28. The Bertz CT molecular complexity index is 1450. The fraction of sp³-hybridized carbons (Fsp3) is 0.160. The number of ether oxygens (including phenoxy) is 1. The summed E-state index contributed by atoms with van der Waals surface area (Å²) < 4.78 is 7.67. The van der Waals surface area contributed by atoms with Crippen LogP contribution in [0.1, 0.15) is 36.7 Å². The van der Waals surface area contributed by atoms with Crippen molar-refractivity contribution in [3.05, 3.63) is 109 Å². The molecule has 0 unspecified atom stereocenters. The van der Waals surface area contributed by atoms with Crippen molar-refractivity contribution < 1.29 is 9.66 Å². The molecule has 0 N–H and O–H groups in total. The molecule has 0 spiro atoms. The van der Waals surface area contributed by atoms with E-state index in [4.69, 9.17) is 4.74 Å². The van der Waals surface area contributed by atoms with Crippen LogP contribution >= 0.6 is 15.9 Å². The van der Waals surface area contributed by atoms with Gasteiger partial charge >= 0.3 is 5.69 Å². The zero-order chi connectivity index (χ0) is 24.2. The topological polar surface area (TPSA) is 99.6 Å². The van der Waals surface area contributed by atoms with Crippen LogP contribution in [-0.4, -0.2) is 20.8 Å². The van der Waals surface area contributed by atoms with E-state index in [0.29, 0.717) is 22.3 Å². The molecule has 4 aromatic rings. The van der Waals surface area contributed by atoms with Crippen molar-refractivity contribution in [1.29, 1.82) is 0 Å². The van der Waals surface area contributed by atoms with Gasteiger partial charge in [-0.05, 0) is 35.9 Å². The molecule has 3 aromatic carbocycles. The Morgan fingerprint density at radius 1 is 1.15 bits per heavy atom. The summed E-state index contributed by atoms with van der Waals surface area (Å²) in [6.45, 7) is 4.05. The molecule has 0 aliphatic heterocycles. The van der Waals surface area contributed by atoms with Crippen molar-refractivity contribution in [2.24, 2.45) is 5.10 Å². The van der Waals surface area contributed by atoms with Crippen molar-refractivity contribution in [1.82, 2.24) is 9.66 Å². The minimum atomic E-state index is -0.501. The van der Waals surface area contributed by atoms with Crippen LogP contribution in [0.4, 0.5) is 5.69 Å². The van der Waals surface area contributed by atoms with Crippen LogP contribution in [-0.2, 0) is 6.61 Å². The zero-order valence-electron chi connectivity index (χ0n) is 18.5. The quantitative estimate of drug-likeness (QED) is 0.178. The zero-order valence-corrected chi connectivity index (χ0v) is 20.1. The van der Waals surface area contributed by atoms with Gasteiger partial charge in [-0.15, -0.1) is 0 Å². The smallest absolute Gasteiger partial charge is 0.311 e. The van der Waals surface area contributed by atoms with E-state index in [1.165, 1.54) is 23.0 Å². The Morgan fingerprint density at radius 2 is 1.91 bits per heavy atom. The van der Waals surface area contributed by atoms with Crippen molar-refractivity contribution in [2.75, 3.05) is 0 Å². The predicted molar refractivity (Wildman–Crippen MR) is 135 cm³/mol. The summed E-state index contributed by atoms with van der Waals surface area (Å²) in [5.41, 5.74) is 1.44. The van der Waals surface area contributed by atoms with Crippen LogP contribution < -0.4 is 10.3 Å². The van der Waals surface area contributed by atoms with Gasteiger partial charge in [0.15, 0.2) is 5.75 Å². The van der Waals surface area contributed by atoms with Crippen molar-refractivity contribution in [2.45, 2.75) is 26.4 Å². The lowest BCUT2D eigenvalue weighted by atomic mass is 10.2. The Balaban J connectivity index is 1.69. The second-order valence-electron chi connectivity index (χ2n) is 7.91. The third kappa shape index (κ3) is 5.04. The average Bonchev–Trinajstić information content (AvgIpc) is 2.83. The highest BCUT2D eigenvalue weighted by molar-refractivity contribution is 9.10. The van der Waals surface area contributed by atoms with Crippen LogP contribution in [0.2, 0.25) is 0 Å². The van der Waals surface area contributed by atoms with Crippen molar-refractivity contribution in [3.8, 4) is 5.75 Å². The molecule has 0 saturated heterocycles. The summed E-state index contributed by atoms with van der Waals surface area (Å²) in [5.74, 6) is 0.581. The molecule has 34 heavy (non-hydrogen) atoms. The number of nitrogens with zero attached hydrogens (tertiary/aromatic N) is 4. The molecule has 4 rings (SSSR count). The summed E-state index contributed by atoms with van der Waals surface area (Å²) in [7, 11) is 0. The molecular formula is C25H21BrN4O4. The van der Waals surface area contributed by atoms with Gasteiger partial charge in [0.2, 0.25) is 0 Å². The molecule has 9 heteroatoms. The maximum atomic E-state index is 13.1. The van der Waals surface area contributed by atoms with Gasteiger partial charge in [0.05, 0.1) is 22.0 Å². The molecule has 1 heterocycles. The molecule has 0 bridgehead atoms. The predicted octanol–water partition coefficient (Wildman–Crippen LogP) is 5.65. The third-order valence-electron chi connectivity index (χ3n) is 5.09. The first-order chi connectivity index (χ1) is 16.3. The van der Waals surface area contributed by atoms with Gasteiger partial charge in [0.25, 0.3) is 5.56 Å². The second kappa shape index (κ2) is 9.96. The molecule has 1 aromatic heterocycles. The molecule has 0 aliphatic rings. The number of halogens is 1. The van der Waals surface area contributed by atoms with E-state index in [1.807, 2.05) is 50.2 Å². The van der Waals surface area contributed by atoms with E-state index < -0.39 is 4.92 Å². The largest absolute Gasteiger partial charge is 0.482 e. The second-order valence-corrected chi connectivity index (χ2v) is 8.82. The Hall–Kier alpha value is -3.85. The van der Waals surface area contributed by atoms with Crippen molar-refractivity contribution in [3.63, 3.8) is 0 Å². The lowest BCUT2D eigenvalue weighted by Crippen LogP contribution is -2.23. The molecular weight excluding hydrogens is 500 g/mol. The standard InChI is InChI=1S/C25H21BrN4O4/c1-16(2)24-28-21-10-9-19(26)13-20(21)25(31)29(24)27-14-18-8-11-23(22(12-18)30(32)33)34-15-17-6-4-3-5-7-17/h3-14,16H,15H2,1-2H3. The lowest BCUT2D eigenvalue weighted by Gasteiger charge is -2.12. The summed E-state index contributed by atoms with van der Waals surface area (Å²) in [6, 6.07) is 19.3. The minimum absolute atomic E-state index is 0.0685. The van der Waals surface area contributed by atoms with E-state index >= 15 is 0 Å². The SMILES string of the molecule is CC(C)c1nc2ccc(Br)cc2c(=O)n1N=Cc1ccc(OCc2ccccc2)c([N+](=O)[O-])c1. The normalized spacial score (nSPS) is 11.4. The van der Waals surface area contributed by atoms with Gasteiger partial charge in [0, 0.05) is 22.0 Å². The van der Waals surface area contributed by atoms with Gasteiger partial charge in [-0.25, -0.2) is 4.98 Å². The number of nitro groups is 1. The van der Waals surface area contributed by atoms with E-state index in [0.717, 1.165) is 10.0 Å². The molecule has 0 aliphatic carbocycles. The molecule has 0 fully saturated rings. The van der Waals surface area contributed by atoms with Crippen LogP contribution in [0.15, 0.2) is 81.1 Å². The van der Waals surface area contributed by atoms with Gasteiger partial charge in [-0.2, -0.15) is 9.78 Å². The number of hydrogen-bond donors (Lipinski definition) is 0. The van der Waals surface area contributed by atoms with E-state index in [-0.39, 0.29) is 29.5 Å². The summed E-state index contributed by atoms with van der Waals surface area (Å²) in [4.78, 5) is 28.9. The summed E-state index contributed by atoms with van der Waals surface area (Å²) in [6.07, 6.45) is 1.41. The summed E-state index contributed by atoms with van der Waals surface area (Å²) in [5, 5.41) is 16.4. The van der Waals surface area contributed by atoms with Crippen LogP contribution in [0, 0.1) is 10.1 Å². The first kappa shape index (κ1) is 23.3. The first-order valence-electron chi connectivity index (χ1n) is 10.5. The van der Waals surface area contributed by atoms with Crippen molar-refractivity contribution >= 4 is 38.7 Å². The highest BCUT2D eigenvalue weighted by atomic mass is 79.9. The molecule has 172 valence electrons. The first-order valence-corrected chi connectivity index (χ1v) is 11.3. The highest BCUT2D eigenvalue weighted by Gasteiger charge is 2.17. The van der Waals surface area contributed by atoms with Crippen LogP contribution in [0.5, 0.6) is 5.75 Å². The lowest BCUT2D eigenvalue weighted by molar-refractivity contribution is -0.385. The van der Waals surface area contributed by atoms with E-state index in [1.54, 1.807) is 18.2 Å². The number of aromatic nitrogens is 2. The Kier molecular flexibility index (Phi) is 6.83. The van der Waals surface area contributed by atoms with Crippen LogP contribution in [0.25, 0.3) is 10.9 Å². The monoisotopic (exact) mass is 520 g/mol. The van der Waals surface area contributed by atoms with Gasteiger partial charge in [0.1, 0.15) is 12.4 Å². The molecule has 0 atom stereocenters. The van der Waals surface area contributed by atoms with E-state index in [9.17, 15) is 14.9 Å². The van der Waals surface area contributed by atoms with Gasteiger partial charge in [-0.3, -0.25) is 14.9 Å². The fourth-order valence-electron chi connectivity index (χ4n) is 3.39. The Labute approximate surface area is 203 Å². The molecule has 0 saturated carbocycles. The number of benzene rings is 3. The van der Waals surface area contributed by atoms with Gasteiger partial charge < -0.3 is 4.74 Å². The van der Waals surface area contributed by atoms with Gasteiger partial charge in [-0.1, -0.05) is 60.1 Å². The number of hydrogen-bond acceptors (Lipinski definition) is 6. The van der Waals surface area contributed by atoms with Crippen LogP contribution in [0.3, 0.4) is 0 Å². The number of rotatable bonds is 7. The average molecular weight is 521 g/mol. The number of fused-ring (bicyclic) bond motifs is 1. The molecule has 8 nitrogen and oxygen atoms in total.